The molecule has 6 nitrogen and oxygen atoms in total. The zero-order valence-corrected chi connectivity index (χ0v) is 13.6. The van der Waals surface area contributed by atoms with Gasteiger partial charge in [0.15, 0.2) is 0 Å². The van der Waals surface area contributed by atoms with Crippen molar-refractivity contribution >= 4 is 12.0 Å². The van der Waals surface area contributed by atoms with E-state index in [1.54, 1.807) is 0 Å². The molecule has 1 atom stereocenters. The minimum Gasteiger partial charge on any atom is -0.489 e. The Hall–Kier alpha value is -2.31. The fourth-order valence-corrected chi connectivity index (χ4v) is 2.74. The average molecular weight is 338 g/mol. The maximum Gasteiger partial charge on any atom is 0.315 e. The molecule has 0 heterocycles. The summed E-state index contributed by atoms with van der Waals surface area (Å²) in [5, 5.41) is 14.5. The van der Waals surface area contributed by atoms with Gasteiger partial charge in [0.25, 0.3) is 0 Å². The van der Waals surface area contributed by atoms with Crippen LogP contribution in [0.4, 0.5) is 9.18 Å². The summed E-state index contributed by atoms with van der Waals surface area (Å²) in [5.41, 5.74) is 0. The minimum absolute atomic E-state index is 0.00826. The monoisotopic (exact) mass is 338 g/mol. The summed E-state index contributed by atoms with van der Waals surface area (Å²) in [6.07, 6.45) is 2.26. The van der Waals surface area contributed by atoms with Crippen LogP contribution < -0.4 is 15.4 Å². The first kappa shape index (κ1) is 18.0. The third-order valence-corrected chi connectivity index (χ3v) is 4.11. The number of hydrogen-bond donors (Lipinski definition) is 3. The normalized spacial score (nSPS) is 21.6. The molecule has 1 aliphatic carbocycles. The van der Waals surface area contributed by atoms with Gasteiger partial charge in [0.05, 0.1) is 12.5 Å². The number of carbonyl (C=O) groups is 2. The Bertz CT molecular complexity index is 556. The van der Waals surface area contributed by atoms with Gasteiger partial charge in [0.2, 0.25) is 0 Å². The van der Waals surface area contributed by atoms with Crippen molar-refractivity contribution in [2.45, 2.75) is 44.8 Å². The van der Waals surface area contributed by atoms with Crippen LogP contribution in [0, 0.1) is 11.7 Å². The van der Waals surface area contributed by atoms with E-state index in [0.29, 0.717) is 38.0 Å². The molecule has 1 aliphatic rings. The second-order valence-electron chi connectivity index (χ2n) is 6.12. The SMILES string of the molecule is CC(CNC(=O)NC1CCC(C(=O)O)CC1)Oc1ccc(F)cc1. The molecule has 0 spiro atoms. The van der Waals surface area contributed by atoms with Crippen molar-refractivity contribution in [3.8, 4) is 5.75 Å². The molecule has 1 aromatic carbocycles. The lowest BCUT2D eigenvalue weighted by atomic mass is 9.86. The number of rotatable bonds is 6. The number of halogens is 1. The van der Waals surface area contributed by atoms with Crippen LogP contribution in [0.25, 0.3) is 0 Å². The quantitative estimate of drug-likeness (QED) is 0.744. The minimum atomic E-state index is -0.760. The number of ether oxygens (including phenoxy) is 1. The molecule has 0 saturated heterocycles. The van der Waals surface area contributed by atoms with Gasteiger partial charge >= 0.3 is 12.0 Å². The Labute approximate surface area is 140 Å². The van der Waals surface area contributed by atoms with Crippen LogP contribution in [-0.2, 0) is 4.79 Å². The highest BCUT2D eigenvalue weighted by molar-refractivity contribution is 5.74. The van der Waals surface area contributed by atoms with E-state index in [4.69, 9.17) is 9.84 Å². The lowest BCUT2D eigenvalue weighted by molar-refractivity contribution is -0.142. The zero-order chi connectivity index (χ0) is 17.5. The lowest BCUT2D eigenvalue weighted by Crippen LogP contribution is -2.46. The molecule has 1 saturated carbocycles. The molecular formula is C17H23FN2O4. The highest BCUT2D eigenvalue weighted by Crippen LogP contribution is 2.24. The Kier molecular flexibility index (Phi) is 6.40. The summed E-state index contributed by atoms with van der Waals surface area (Å²) < 4.78 is 18.4. The average Bonchev–Trinajstić information content (AvgIpc) is 2.55. The van der Waals surface area contributed by atoms with Crippen LogP contribution >= 0.6 is 0 Å². The molecule has 1 aromatic rings. The summed E-state index contributed by atoms with van der Waals surface area (Å²) in [4.78, 5) is 22.8. The van der Waals surface area contributed by atoms with Gasteiger partial charge in [-0.05, 0) is 56.9 Å². The van der Waals surface area contributed by atoms with E-state index < -0.39 is 5.97 Å². The molecule has 0 aromatic heterocycles. The molecule has 1 fully saturated rings. The molecule has 1 unspecified atom stereocenters. The maximum absolute atomic E-state index is 12.8. The molecule has 3 N–H and O–H groups in total. The molecule has 2 amide bonds. The Morgan fingerprint density at radius 3 is 2.46 bits per heavy atom. The van der Waals surface area contributed by atoms with Crippen molar-refractivity contribution in [1.29, 1.82) is 0 Å². The molecule has 0 aliphatic heterocycles. The van der Waals surface area contributed by atoms with Gasteiger partial charge in [0.1, 0.15) is 17.7 Å². The molecule has 7 heteroatoms. The number of hydrogen-bond acceptors (Lipinski definition) is 3. The fraction of sp³-hybridized carbons (Fsp3) is 0.529. The highest BCUT2D eigenvalue weighted by Gasteiger charge is 2.26. The maximum atomic E-state index is 12.8. The summed E-state index contributed by atoms with van der Waals surface area (Å²) in [6.45, 7) is 2.12. The van der Waals surface area contributed by atoms with Crippen molar-refractivity contribution in [1.82, 2.24) is 10.6 Å². The summed E-state index contributed by atoms with van der Waals surface area (Å²) >= 11 is 0. The third kappa shape index (κ3) is 5.72. The van der Waals surface area contributed by atoms with E-state index in [2.05, 4.69) is 10.6 Å². The van der Waals surface area contributed by atoms with Gasteiger partial charge in [0, 0.05) is 6.04 Å². The predicted molar refractivity (Wildman–Crippen MR) is 86.4 cm³/mol. The number of urea groups is 1. The predicted octanol–water partition coefficient (Wildman–Crippen LogP) is 2.54. The van der Waals surface area contributed by atoms with Gasteiger partial charge in [-0.2, -0.15) is 0 Å². The van der Waals surface area contributed by atoms with Crippen LogP contribution in [0.2, 0.25) is 0 Å². The largest absolute Gasteiger partial charge is 0.489 e. The first-order valence-corrected chi connectivity index (χ1v) is 8.13. The summed E-state index contributed by atoms with van der Waals surface area (Å²) in [6, 6.07) is 5.42. The van der Waals surface area contributed by atoms with E-state index >= 15 is 0 Å². The van der Waals surface area contributed by atoms with Gasteiger partial charge in [-0.3, -0.25) is 4.79 Å². The number of nitrogens with one attached hydrogen (secondary N) is 2. The highest BCUT2D eigenvalue weighted by atomic mass is 19.1. The van der Waals surface area contributed by atoms with E-state index in [9.17, 15) is 14.0 Å². The van der Waals surface area contributed by atoms with Crippen LogP contribution in [0.1, 0.15) is 32.6 Å². The molecule has 132 valence electrons. The second kappa shape index (κ2) is 8.52. The number of carbonyl (C=O) groups excluding carboxylic acids is 1. The van der Waals surface area contributed by atoms with E-state index in [1.165, 1.54) is 24.3 Å². The number of benzene rings is 1. The number of aliphatic carboxylic acids is 1. The Morgan fingerprint density at radius 2 is 1.88 bits per heavy atom. The number of carboxylic acid groups (broad SMARTS) is 1. The topological polar surface area (TPSA) is 87.7 Å². The first-order chi connectivity index (χ1) is 11.4. The van der Waals surface area contributed by atoms with Crippen molar-refractivity contribution < 1.29 is 23.8 Å². The Morgan fingerprint density at radius 1 is 1.25 bits per heavy atom. The molecular weight excluding hydrogens is 315 g/mol. The van der Waals surface area contributed by atoms with E-state index in [-0.39, 0.29) is 29.9 Å². The van der Waals surface area contributed by atoms with Crippen LogP contribution in [-0.4, -0.2) is 35.8 Å². The van der Waals surface area contributed by atoms with Crippen molar-refractivity contribution in [2.24, 2.45) is 5.92 Å². The van der Waals surface area contributed by atoms with Crippen molar-refractivity contribution in [2.75, 3.05) is 6.54 Å². The number of amides is 2. The third-order valence-electron chi connectivity index (χ3n) is 4.11. The van der Waals surface area contributed by atoms with Crippen LogP contribution in [0.3, 0.4) is 0 Å². The summed E-state index contributed by atoms with van der Waals surface area (Å²) in [7, 11) is 0. The molecule has 2 rings (SSSR count). The molecule has 0 radical (unpaired) electrons. The standard InChI is InChI=1S/C17H23FN2O4/c1-11(24-15-8-4-13(18)5-9-15)10-19-17(23)20-14-6-2-12(3-7-14)16(21)22/h4-5,8-9,11-12,14H,2-3,6-7,10H2,1H3,(H,21,22)(H2,19,20,23). The van der Waals surface area contributed by atoms with Gasteiger partial charge in [-0.25, -0.2) is 9.18 Å². The smallest absolute Gasteiger partial charge is 0.315 e. The Balaban J connectivity index is 1.66. The summed E-state index contributed by atoms with van der Waals surface area (Å²) in [5.74, 6) is -0.844. The lowest BCUT2D eigenvalue weighted by Gasteiger charge is -2.27. The van der Waals surface area contributed by atoms with Crippen LogP contribution in [0.15, 0.2) is 24.3 Å². The first-order valence-electron chi connectivity index (χ1n) is 8.13. The van der Waals surface area contributed by atoms with Crippen LogP contribution in [0.5, 0.6) is 5.75 Å². The van der Waals surface area contributed by atoms with E-state index in [1.807, 2.05) is 6.92 Å². The van der Waals surface area contributed by atoms with Gasteiger partial charge in [-0.15, -0.1) is 0 Å². The number of carboxylic acids is 1. The molecule has 0 bridgehead atoms. The fourth-order valence-electron chi connectivity index (χ4n) is 2.74. The van der Waals surface area contributed by atoms with E-state index in [0.717, 1.165) is 0 Å². The van der Waals surface area contributed by atoms with Crippen molar-refractivity contribution in [3.63, 3.8) is 0 Å². The second-order valence-corrected chi connectivity index (χ2v) is 6.12. The molecule has 24 heavy (non-hydrogen) atoms. The van der Waals surface area contributed by atoms with Crippen molar-refractivity contribution in [3.05, 3.63) is 30.1 Å². The van der Waals surface area contributed by atoms with Gasteiger partial charge in [-0.1, -0.05) is 0 Å². The zero-order valence-electron chi connectivity index (χ0n) is 13.6. The van der Waals surface area contributed by atoms with Gasteiger partial charge < -0.3 is 20.5 Å².